The number of benzene rings is 1. The Hall–Kier alpha value is -1.88. The van der Waals surface area contributed by atoms with Gasteiger partial charge in [0.15, 0.2) is 0 Å². The molecule has 0 radical (unpaired) electrons. The van der Waals surface area contributed by atoms with Crippen LogP contribution >= 0.6 is 0 Å². The lowest BCUT2D eigenvalue weighted by atomic mass is 9.74. The average Bonchev–Trinajstić information content (AvgIpc) is 2.61. The molecule has 0 bridgehead atoms. The number of carbonyl (C=O) groups excluding carboxylic acids is 2. The Labute approximate surface area is 144 Å². The van der Waals surface area contributed by atoms with Gasteiger partial charge in [-0.3, -0.25) is 9.69 Å². The molecule has 1 atom stereocenters. The van der Waals surface area contributed by atoms with Gasteiger partial charge in [-0.15, -0.1) is 0 Å². The van der Waals surface area contributed by atoms with Gasteiger partial charge in [-0.05, 0) is 30.4 Å². The second kappa shape index (κ2) is 7.79. The van der Waals surface area contributed by atoms with E-state index in [-0.39, 0.29) is 23.4 Å². The van der Waals surface area contributed by atoms with E-state index < -0.39 is 0 Å². The largest absolute Gasteiger partial charge is 0.331 e. The number of rotatable bonds is 7. The van der Waals surface area contributed by atoms with Crippen LogP contribution in [0.25, 0.3) is 0 Å². The van der Waals surface area contributed by atoms with Gasteiger partial charge in [0.05, 0.1) is 11.5 Å². The summed E-state index contributed by atoms with van der Waals surface area (Å²) in [6.45, 7) is 7.13. The van der Waals surface area contributed by atoms with Gasteiger partial charge < -0.3 is 11.1 Å². The Kier molecular flexibility index (Phi) is 5.99. The van der Waals surface area contributed by atoms with E-state index in [1.807, 2.05) is 38.1 Å². The molecule has 0 aromatic heterocycles. The van der Waals surface area contributed by atoms with E-state index in [2.05, 4.69) is 12.2 Å². The number of hydrogen-bond donors (Lipinski definition) is 2. The van der Waals surface area contributed by atoms with Crippen LogP contribution in [0, 0.1) is 5.41 Å². The Morgan fingerprint density at radius 1 is 1.25 bits per heavy atom. The number of likely N-dealkylation sites (tertiary alicyclic amines) is 1. The van der Waals surface area contributed by atoms with Crippen molar-refractivity contribution >= 4 is 11.9 Å². The lowest BCUT2D eigenvalue weighted by Gasteiger charge is -2.47. The molecule has 24 heavy (non-hydrogen) atoms. The van der Waals surface area contributed by atoms with Crippen LogP contribution in [-0.4, -0.2) is 23.4 Å². The number of imide groups is 1. The summed E-state index contributed by atoms with van der Waals surface area (Å²) in [5.41, 5.74) is 7.41. The molecular formula is C19H29N3O2. The van der Waals surface area contributed by atoms with Crippen LogP contribution in [0.15, 0.2) is 24.3 Å². The minimum Gasteiger partial charge on any atom is -0.331 e. The fourth-order valence-electron chi connectivity index (χ4n) is 3.30. The maximum Gasteiger partial charge on any atom is 0.324 e. The number of nitrogens with zero attached hydrogens (tertiary/aromatic N) is 1. The predicted octanol–water partition coefficient (Wildman–Crippen LogP) is 3.34. The summed E-state index contributed by atoms with van der Waals surface area (Å²) in [6.07, 6.45) is 3.35. The van der Waals surface area contributed by atoms with Crippen molar-refractivity contribution in [2.75, 3.05) is 6.54 Å². The molecule has 3 N–H and O–H groups in total. The van der Waals surface area contributed by atoms with Gasteiger partial charge in [-0.1, -0.05) is 51.5 Å². The number of amides is 3. The van der Waals surface area contributed by atoms with Crippen LogP contribution in [0.5, 0.6) is 0 Å². The van der Waals surface area contributed by atoms with E-state index in [9.17, 15) is 9.59 Å². The van der Waals surface area contributed by atoms with Gasteiger partial charge in [0, 0.05) is 13.1 Å². The number of nitrogens with one attached hydrogen (secondary N) is 1. The van der Waals surface area contributed by atoms with E-state index in [0.29, 0.717) is 13.1 Å². The zero-order valence-corrected chi connectivity index (χ0v) is 15.0. The van der Waals surface area contributed by atoms with Crippen molar-refractivity contribution < 1.29 is 9.59 Å². The first kappa shape index (κ1) is 18.5. The molecule has 0 saturated carbocycles. The molecule has 1 fully saturated rings. The van der Waals surface area contributed by atoms with Gasteiger partial charge in [-0.2, -0.15) is 0 Å². The van der Waals surface area contributed by atoms with Gasteiger partial charge in [0.25, 0.3) is 0 Å². The van der Waals surface area contributed by atoms with Crippen LogP contribution < -0.4 is 11.1 Å². The molecular weight excluding hydrogens is 302 g/mol. The van der Waals surface area contributed by atoms with Crippen LogP contribution in [0.1, 0.15) is 63.6 Å². The molecule has 0 unspecified atom stereocenters. The highest BCUT2D eigenvalue weighted by Crippen LogP contribution is 2.38. The molecule has 1 saturated heterocycles. The zero-order chi connectivity index (χ0) is 17.7. The molecule has 5 heteroatoms. The first-order valence-electron chi connectivity index (χ1n) is 8.92. The summed E-state index contributed by atoms with van der Waals surface area (Å²) < 4.78 is 0. The Morgan fingerprint density at radius 2 is 1.88 bits per heavy atom. The molecule has 1 aliphatic rings. The number of β-lactam (4-membered cyclic amide) rings is 1. The third-order valence-corrected chi connectivity index (χ3v) is 5.25. The Bertz CT molecular complexity index is 579. The van der Waals surface area contributed by atoms with Crippen LogP contribution in [0.3, 0.4) is 0 Å². The third-order valence-electron chi connectivity index (χ3n) is 5.25. The molecule has 1 heterocycles. The first-order chi connectivity index (χ1) is 11.5. The van der Waals surface area contributed by atoms with Crippen molar-refractivity contribution in [3.63, 3.8) is 0 Å². The lowest BCUT2D eigenvalue weighted by molar-refractivity contribution is -0.155. The van der Waals surface area contributed by atoms with E-state index in [1.165, 1.54) is 4.90 Å². The molecule has 132 valence electrons. The first-order valence-corrected chi connectivity index (χ1v) is 8.92. The van der Waals surface area contributed by atoms with Crippen molar-refractivity contribution in [2.24, 2.45) is 11.1 Å². The maximum atomic E-state index is 12.5. The lowest BCUT2D eigenvalue weighted by Crippen LogP contribution is -2.65. The molecule has 1 aliphatic heterocycles. The van der Waals surface area contributed by atoms with Crippen molar-refractivity contribution in [3.8, 4) is 0 Å². The minimum atomic E-state index is -0.333. The highest BCUT2D eigenvalue weighted by molar-refractivity contribution is 6.02. The molecule has 2 rings (SSSR count). The van der Waals surface area contributed by atoms with Crippen molar-refractivity contribution in [1.82, 2.24) is 10.2 Å². The third kappa shape index (κ3) is 3.46. The highest BCUT2D eigenvalue weighted by Gasteiger charge is 2.52. The molecule has 5 nitrogen and oxygen atoms in total. The molecule has 0 spiro atoms. The second-order valence-corrected chi connectivity index (χ2v) is 6.62. The fraction of sp³-hybridized carbons (Fsp3) is 0.579. The number of urea groups is 1. The second-order valence-electron chi connectivity index (χ2n) is 6.62. The summed E-state index contributed by atoms with van der Waals surface area (Å²) in [5.74, 6) is -0.0428. The van der Waals surface area contributed by atoms with Gasteiger partial charge in [-0.25, -0.2) is 4.79 Å². The number of hydrogen-bond acceptors (Lipinski definition) is 3. The van der Waals surface area contributed by atoms with Crippen LogP contribution in [-0.2, 0) is 11.3 Å². The van der Waals surface area contributed by atoms with Gasteiger partial charge >= 0.3 is 6.03 Å². The van der Waals surface area contributed by atoms with Crippen molar-refractivity contribution in [2.45, 2.75) is 59.0 Å². The molecule has 3 amide bonds. The Balaban J connectivity index is 2.05. The fourth-order valence-corrected chi connectivity index (χ4v) is 3.30. The molecule has 0 aliphatic carbocycles. The smallest absolute Gasteiger partial charge is 0.324 e. The summed E-state index contributed by atoms with van der Waals surface area (Å²) in [4.78, 5) is 26.3. The van der Waals surface area contributed by atoms with Crippen molar-refractivity contribution in [3.05, 3.63) is 35.4 Å². The maximum absolute atomic E-state index is 12.5. The summed E-state index contributed by atoms with van der Waals surface area (Å²) >= 11 is 0. The normalized spacial score (nSPS) is 17.3. The Morgan fingerprint density at radius 3 is 2.33 bits per heavy atom. The highest BCUT2D eigenvalue weighted by atomic mass is 16.2. The van der Waals surface area contributed by atoms with E-state index in [1.54, 1.807) is 0 Å². The van der Waals surface area contributed by atoms with E-state index in [0.717, 1.165) is 36.8 Å². The SMILES string of the molecule is CCC[C@@H](NC(=O)N1CC(CC)(CC)C1=O)c1ccc(CN)cc1. The topological polar surface area (TPSA) is 75.4 Å². The monoisotopic (exact) mass is 331 g/mol. The molecule has 1 aromatic carbocycles. The number of nitrogens with two attached hydrogens (primary N) is 1. The average molecular weight is 331 g/mol. The minimum absolute atomic E-state index is 0.0428. The standard InChI is InChI=1S/C19H29N3O2/c1-4-7-16(15-10-8-14(12-20)9-11-15)21-18(24)22-13-19(5-2,6-3)17(22)23/h8-11,16H,4-7,12-13,20H2,1-3H3,(H,21,24)/t16-/m1/s1. The van der Waals surface area contributed by atoms with Gasteiger partial charge in [0.1, 0.15) is 0 Å². The van der Waals surface area contributed by atoms with Gasteiger partial charge in [0.2, 0.25) is 5.91 Å². The van der Waals surface area contributed by atoms with E-state index >= 15 is 0 Å². The van der Waals surface area contributed by atoms with Crippen molar-refractivity contribution in [1.29, 1.82) is 0 Å². The van der Waals surface area contributed by atoms with Crippen LogP contribution in [0.2, 0.25) is 0 Å². The molecule has 1 aromatic rings. The van der Waals surface area contributed by atoms with Crippen LogP contribution in [0.4, 0.5) is 4.79 Å². The zero-order valence-electron chi connectivity index (χ0n) is 15.0. The summed E-state index contributed by atoms with van der Waals surface area (Å²) in [7, 11) is 0. The quantitative estimate of drug-likeness (QED) is 0.752. The summed E-state index contributed by atoms with van der Waals surface area (Å²) in [6, 6.07) is 7.61. The predicted molar refractivity (Wildman–Crippen MR) is 95.2 cm³/mol. The number of carbonyl (C=O) groups is 2. The summed E-state index contributed by atoms with van der Waals surface area (Å²) in [5, 5.41) is 3.02. The van der Waals surface area contributed by atoms with E-state index in [4.69, 9.17) is 5.73 Å².